The molecule has 1 atom stereocenters. The number of nitrogens with two attached hydrogens (primary N) is 1. The van der Waals surface area contributed by atoms with Gasteiger partial charge >= 0.3 is 0 Å². The Bertz CT molecular complexity index is 280. The summed E-state index contributed by atoms with van der Waals surface area (Å²) in [7, 11) is 0. The number of halogens is 1. The van der Waals surface area contributed by atoms with Crippen LogP contribution in [-0.4, -0.2) is 11.2 Å². The number of hydrogen-bond acceptors (Lipinski definition) is 3. The highest BCUT2D eigenvalue weighted by molar-refractivity contribution is 7.09. The van der Waals surface area contributed by atoms with Crippen LogP contribution in [0.25, 0.3) is 0 Å². The van der Waals surface area contributed by atoms with E-state index in [-0.39, 0.29) is 0 Å². The van der Waals surface area contributed by atoms with Crippen molar-refractivity contribution in [2.24, 2.45) is 5.73 Å². The van der Waals surface area contributed by atoms with Gasteiger partial charge in [0.25, 0.3) is 0 Å². The van der Waals surface area contributed by atoms with Gasteiger partial charge in [-0.15, -0.1) is 17.9 Å². The summed E-state index contributed by atoms with van der Waals surface area (Å²) in [5, 5.41) is 0. The first kappa shape index (κ1) is 21.8. The summed E-state index contributed by atoms with van der Waals surface area (Å²) in [4.78, 5) is 5.11. The number of aryl methyl sites for hydroxylation is 1. The SMILES string of the molecule is C=C/C=C/N.C=CC(C)F.CC.Cc1cncs1. The fraction of sp³-hybridized carbons (Fsp3) is 0.357. The molecule has 0 fully saturated rings. The third-order valence-corrected chi connectivity index (χ3v) is 1.83. The molecule has 0 saturated heterocycles. The Morgan fingerprint density at radius 2 is 1.94 bits per heavy atom. The van der Waals surface area contributed by atoms with Gasteiger partial charge in [-0.2, -0.15) is 0 Å². The summed E-state index contributed by atoms with van der Waals surface area (Å²) >= 11 is 1.67. The predicted molar refractivity (Wildman–Crippen MR) is 82.5 cm³/mol. The summed E-state index contributed by atoms with van der Waals surface area (Å²) in [5.74, 6) is 0. The van der Waals surface area contributed by atoms with Gasteiger partial charge in [0.1, 0.15) is 6.17 Å². The molecule has 2 N–H and O–H groups in total. The van der Waals surface area contributed by atoms with Crippen molar-refractivity contribution in [2.45, 2.75) is 33.9 Å². The first-order valence-corrected chi connectivity index (χ1v) is 6.57. The van der Waals surface area contributed by atoms with Crippen molar-refractivity contribution in [3.8, 4) is 0 Å². The lowest BCUT2D eigenvalue weighted by Crippen LogP contribution is -1.78. The van der Waals surface area contributed by atoms with E-state index in [2.05, 4.69) is 18.1 Å². The van der Waals surface area contributed by atoms with Crippen LogP contribution in [0.5, 0.6) is 0 Å². The Morgan fingerprint density at radius 1 is 1.44 bits per heavy atom. The molecule has 104 valence electrons. The van der Waals surface area contributed by atoms with Crippen LogP contribution in [0.1, 0.15) is 25.6 Å². The van der Waals surface area contributed by atoms with Gasteiger partial charge in [-0.05, 0) is 26.1 Å². The van der Waals surface area contributed by atoms with E-state index in [0.717, 1.165) is 0 Å². The number of nitrogens with zero attached hydrogens (tertiary/aromatic N) is 1. The van der Waals surface area contributed by atoms with Crippen molar-refractivity contribution in [1.29, 1.82) is 0 Å². The van der Waals surface area contributed by atoms with Gasteiger partial charge in [-0.25, -0.2) is 4.39 Å². The molecule has 0 amide bonds. The van der Waals surface area contributed by atoms with Crippen LogP contribution in [0.4, 0.5) is 4.39 Å². The molecule has 0 radical (unpaired) electrons. The van der Waals surface area contributed by atoms with Crippen molar-refractivity contribution in [1.82, 2.24) is 4.98 Å². The molecule has 0 saturated carbocycles. The monoisotopic (exact) mass is 272 g/mol. The molecule has 1 unspecified atom stereocenters. The molecule has 1 heterocycles. The van der Waals surface area contributed by atoms with E-state index in [1.807, 2.05) is 32.5 Å². The molecule has 0 bridgehead atoms. The molecule has 1 aromatic rings. The van der Waals surface area contributed by atoms with E-state index < -0.39 is 6.17 Å². The molecular weight excluding hydrogens is 247 g/mol. The Balaban J connectivity index is -0.000000177. The summed E-state index contributed by atoms with van der Waals surface area (Å²) in [6, 6.07) is 0. The van der Waals surface area contributed by atoms with Crippen LogP contribution >= 0.6 is 11.3 Å². The molecule has 1 rings (SSSR count). The Morgan fingerprint density at radius 3 is 2.00 bits per heavy atom. The average Bonchev–Trinajstić information content (AvgIpc) is 2.85. The van der Waals surface area contributed by atoms with Crippen LogP contribution in [0.3, 0.4) is 0 Å². The Labute approximate surface area is 115 Å². The largest absolute Gasteiger partial charge is 0.405 e. The van der Waals surface area contributed by atoms with Crippen LogP contribution in [0, 0.1) is 6.92 Å². The topological polar surface area (TPSA) is 38.9 Å². The molecule has 0 aliphatic heterocycles. The van der Waals surface area contributed by atoms with E-state index in [9.17, 15) is 4.39 Å². The van der Waals surface area contributed by atoms with Crippen LogP contribution in [0.2, 0.25) is 0 Å². The second-order valence-corrected chi connectivity index (χ2v) is 3.74. The van der Waals surface area contributed by atoms with Crippen LogP contribution in [0.15, 0.2) is 49.3 Å². The van der Waals surface area contributed by atoms with Gasteiger partial charge in [0, 0.05) is 11.1 Å². The number of rotatable bonds is 2. The first-order chi connectivity index (χ1) is 8.58. The van der Waals surface area contributed by atoms with Crippen molar-refractivity contribution >= 4 is 11.3 Å². The smallest absolute Gasteiger partial charge is 0.115 e. The quantitative estimate of drug-likeness (QED) is 0.628. The fourth-order valence-corrected chi connectivity index (χ4v) is 0.768. The van der Waals surface area contributed by atoms with Crippen LogP contribution < -0.4 is 5.73 Å². The molecule has 4 heteroatoms. The molecule has 2 nitrogen and oxygen atoms in total. The summed E-state index contributed by atoms with van der Waals surface area (Å²) in [6.45, 7) is 14.0. The normalized spacial score (nSPS) is 9.61. The lowest BCUT2D eigenvalue weighted by molar-refractivity contribution is 0.431. The molecule has 0 aromatic carbocycles. The molecule has 0 spiro atoms. The van der Waals surface area contributed by atoms with Crippen molar-refractivity contribution < 1.29 is 4.39 Å². The zero-order valence-electron chi connectivity index (χ0n) is 11.8. The minimum absolute atomic E-state index is 0.852. The second-order valence-electron chi connectivity index (χ2n) is 2.65. The van der Waals surface area contributed by atoms with Gasteiger partial charge in [-0.1, -0.05) is 32.6 Å². The minimum Gasteiger partial charge on any atom is -0.405 e. The summed E-state index contributed by atoms with van der Waals surface area (Å²) < 4.78 is 11.3. The van der Waals surface area contributed by atoms with E-state index in [1.165, 1.54) is 24.1 Å². The Hall–Kier alpha value is -1.42. The highest BCUT2D eigenvalue weighted by atomic mass is 32.1. The van der Waals surface area contributed by atoms with Gasteiger partial charge in [-0.3, -0.25) is 4.98 Å². The van der Waals surface area contributed by atoms with Gasteiger partial charge in [0.05, 0.1) is 5.51 Å². The summed E-state index contributed by atoms with van der Waals surface area (Å²) in [5.41, 5.74) is 6.72. The highest BCUT2D eigenvalue weighted by Gasteiger charge is 1.79. The van der Waals surface area contributed by atoms with E-state index in [4.69, 9.17) is 5.73 Å². The summed E-state index contributed by atoms with van der Waals surface area (Å²) in [6.07, 6.45) is 6.98. The van der Waals surface area contributed by atoms with Crippen LogP contribution in [-0.2, 0) is 0 Å². The molecule has 0 aliphatic rings. The number of alkyl halides is 1. The lowest BCUT2D eigenvalue weighted by Gasteiger charge is -1.79. The van der Waals surface area contributed by atoms with E-state index in [0.29, 0.717) is 0 Å². The van der Waals surface area contributed by atoms with Gasteiger partial charge < -0.3 is 5.73 Å². The number of aromatic nitrogens is 1. The first-order valence-electron chi connectivity index (χ1n) is 5.69. The van der Waals surface area contributed by atoms with Gasteiger partial charge in [0.2, 0.25) is 0 Å². The molecule has 18 heavy (non-hydrogen) atoms. The highest BCUT2D eigenvalue weighted by Crippen LogP contribution is 1.99. The molecular formula is C14H25FN2S. The third kappa shape index (κ3) is 29.3. The van der Waals surface area contributed by atoms with Gasteiger partial charge in [0.15, 0.2) is 0 Å². The molecule has 1 aromatic heterocycles. The van der Waals surface area contributed by atoms with E-state index in [1.54, 1.807) is 23.5 Å². The average molecular weight is 272 g/mol. The Kier molecular flexibility index (Phi) is 25.4. The lowest BCUT2D eigenvalue weighted by atomic mass is 10.4. The fourth-order valence-electron chi connectivity index (χ4n) is 0.358. The second kappa shape index (κ2) is 20.9. The maximum Gasteiger partial charge on any atom is 0.115 e. The number of allylic oxidation sites excluding steroid dienone is 3. The third-order valence-electron chi connectivity index (χ3n) is 1.13. The van der Waals surface area contributed by atoms with E-state index >= 15 is 0 Å². The maximum absolute atomic E-state index is 11.3. The minimum atomic E-state index is -0.852. The standard InChI is InChI=1S/C4H7F.C4H5NS.C4H7N.C2H6/c1-3-4(2)5;1-4-2-5-3-6-4;1-2-3-4-5;1-2/h3-4H,1H2,2H3;2-3H,1H3;2-4H,1,5H2;1-2H3/b;;4-3+;. The zero-order chi connectivity index (χ0) is 14.8. The van der Waals surface area contributed by atoms with Crippen molar-refractivity contribution in [3.63, 3.8) is 0 Å². The van der Waals surface area contributed by atoms with Crippen molar-refractivity contribution in [2.75, 3.05) is 0 Å². The number of thiazole rings is 1. The predicted octanol–water partition coefficient (Wildman–Crippen LogP) is 4.65. The zero-order valence-corrected chi connectivity index (χ0v) is 12.6. The maximum atomic E-state index is 11.3. The van der Waals surface area contributed by atoms with Crippen molar-refractivity contribution in [3.05, 3.63) is 54.2 Å². The molecule has 0 aliphatic carbocycles. The number of hydrogen-bond donors (Lipinski definition) is 1.